The van der Waals surface area contributed by atoms with Crippen molar-refractivity contribution in [2.24, 2.45) is 0 Å². The molecule has 6 nitrogen and oxygen atoms in total. The highest BCUT2D eigenvalue weighted by Gasteiger charge is 2.09. The maximum absolute atomic E-state index is 11.8. The highest BCUT2D eigenvalue weighted by atomic mass is 16.5. The van der Waals surface area contributed by atoms with Crippen molar-refractivity contribution >= 4 is 11.7 Å². The zero-order chi connectivity index (χ0) is 14.1. The van der Waals surface area contributed by atoms with E-state index in [4.69, 9.17) is 4.74 Å². The van der Waals surface area contributed by atoms with Gasteiger partial charge in [0.15, 0.2) is 0 Å². The van der Waals surface area contributed by atoms with Gasteiger partial charge in [0, 0.05) is 33.4 Å². The third-order valence-electron chi connectivity index (χ3n) is 2.77. The molecule has 0 bridgehead atoms. The maximum Gasteiger partial charge on any atom is 0.271 e. The van der Waals surface area contributed by atoms with Crippen molar-refractivity contribution in [1.29, 1.82) is 0 Å². The van der Waals surface area contributed by atoms with Crippen LogP contribution < -0.4 is 10.2 Å². The predicted molar refractivity (Wildman–Crippen MR) is 74.4 cm³/mol. The van der Waals surface area contributed by atoms with E-state index >= 15 is 0 Å². The second kappa shape index (κ2) is 8.42. The van der Waals surface area contributed by atoms with Crippen LogP contribution in [-0.4, -0.2) is 49.2 Å². The van der Waals surface area contributed by atoms with E-state index in [1.54, 1.807) is 13.3 Å². The van der Waals surface area contributed by atoms with Gasteiger partial charge in [-0.1, -0.05) is 0 Å². The monoisotopic (exact) mass is 266 g/mol. The van der Waals surface area contributed by atoms with Crippen molar-refractivity contribution in [2.45, 2.75) is 20.3 Å². The molecule has 1 aromatic heterocycles. The van der Waals surface area contributed by atoms with Crippen LogP contribution >= 0.6 is 0 Å². The number of ether oxygens (including phenoxy) is 1. The normalized spacial score (nSPS) is 10.3. The summed E-state index contributed by atoms with van der Waals surface area (Å²) in [5.41, 5.74) is 0.341. The molecular formula is C13H22N4O2. The topological polar surface area (TPSA) is 67.4 Å². The van der Waals surface area contributed by atoms with E-state index in [0.29, 0.717) is 18.8 Å². The van der Waals surface area contributed by atoms with Crippen LogP contribution in [0.2, 0.25) is 0 Å². The second-order valence-corrected chi connectivity index (χ2v) is 4.03. The molecule has 0 atom stereocenters. The SMILES string of the molecule is CCN(CC)c1cnc(C(=O)NCCCOC)cn1. The van der Waals surface area contributed by atoms with Crippen molar-refractivity contribution < 1.29 is 9.53 Å². The molecule has 1 amide bonds. The van der Waals surface area contributed by atoms with Crippen molar-refractivity contribution in [3.63, 3.8) is 0 Å². The Balaban J connectivity index is 2.53. The van der Waals surface area contributed by atoms with Crippen LogP contribution in [0.3, 0.4) is 0 Å². The first kappa shape index (κ1) is 15.4. The number of rotatable bonds is 8. The third-order valence-corrected chi connectivity index (χ3v) is 2.77. The molecule has 0 aliphatic heterocycles. The number of nitrogens with zero attached hydrogens (tertiary/aromatic N) is 3. The van der Waals surface area contributed by atoms with Gasteiger partial charge in [-0.05, 0) is 20.3 Å². The van der Waals surface area contributed by atoms with Crippen LogP contribution in [-0.2, 0) is 4.74 Å². The van der Waals surface area contributed by atoms with Crippen LogP contribution in [0.4, 0.5) is 5.82 Å². The summed E-state index contributed by atoms with van der Waals surface area (Å²) < 4.78 is 4.91. The molecule has 0 saturated carbocycles. The minimum absolute atomic E-state index is 0.199. The largest absolute Gasteiger partial charge is 0.385 e. The molecule has 1 aromatic rings. The fourth-order valence-electron chi connectivity index (χ4n) is 1.66. The quantitative estimate of drug-likeness (QED) is 0.713. The fraction of sp³-hybridized carbons (Fsp3) is 0.615. The maximum atomic E-state index is 11.8. The Kier molecular flexibility index (Phi) is 6.81. The summed E-state index contributed by atoms with van der Waals surface area (Å²) in [5, 5.41) is 2.78. The second-order valence-electron chi connectivity index (χ2n) is 4.03. The number of anilines is 1. The average molecular weight is 266 g/mol. The number of carbonyl (C=O) groups is 1. The molecule has 19 heavy (non-hydrogen) atoms. The standard InChI is InChI=1S/C13H22N4O2/c1-4-17(5-2)12-10-15-11(9-16-12)13(18)14-7-6-8-19-3/h9-10H,4-8H2,1-3H3,(H,14,18). The summed E-state index contributed by atoms with van der Waals surface area (Å²) in [6.45, 7) is 7.06. The molecule has 0 radical (unpaired) electrons. The van der Waals surface area contributed by atoms with Crippen molar-refractivity contribution in [2.75, 3.05) is 38.3 Å². The van der Waals surface area contributed by atoms with Gasteiger partial charge in [0.25, 0.3) is 5.91 Å². The van der Waals surface area contributed by atoms with Gasteiger partial charge < -0.3 is 15.0 Å². The van der Waals surface area contributed by atoms with Gasteiger partial charge in [-0.25, -0.2) is 9.97 Å². The van der Waals surface area contributed by atoms with Gasteiger partial charge in [0.2, 0.25) is 0 Å². The van der Waals surface area contributed by atoms with E-state index in [0.717, 1.165) is 25.3 Å². The van der Waals surface area contributed by atoms with Crippen LogP contribution in [0, 0.1) is 0 Å². The number of hydrogen-bond donors (Lipinski definition) is 1. The first-order valence-electron chi connectivity index (χ1n) is 6.57. The lowest BCUT2D eigenvalue weighted by Crippen LogP contribution is -2.27. The number of amides is 1. The third kappa shape index (κ3) is 4.82. The van der Waals surface area contributed by atoms with Gasteiger partial charge in [-0.15, -0.1) is 0 Å². The van der Waals surface area contributed by atoms with E-state index in [1.165, 1.54) is 6.20 Å². The van der Waals surface area contributed by atoms with Crippen molar-refractivity contribution in [3.05, 3.63) is 18.1 Å². The lowest BCUT2D eigenvalue weighted by atomic mass is 10.4. The number of aromatic nitrogens is 2. The smallest absolute Gasteiger partial charge is 0.271 e. The molecule has 0 spiro atoms. The van der Waals surface area contributed by atoms with Gasteiger partial charge >= 0.3 is 0 Å². The summed E-state index contributed by atoms with van der Waals surface area (Å²) >= 11 is 0. The predicted octanol–water partition coefficient (Wildman–Crippen LogP) is 1.09. The van der Waals surface area contributed by atoms with E-state index in [9.17, 15) is 4.79 Å². The number of hydrogen-bond acceptors (Lipinski definition) is 5. The Bertz CT molecular complexity index is 377. The lowest BCUT2D eigenvalue weighted by Gasteiger charge is -2.18. The average Bonchev–Trinajstić information content (AvgIpc) is 2.45. The van der Waals surface area contributed by atoms with Gasteiger partial charge in [0.1, 0.15) is 11.5 Å². The first-order valence-corrected chi connectivity index (χ1v) is 6.57. The highest BCUT2D eigenvalue weighted by Crippen LogP contribution is 2.07. The summed E-state index contributed by atoms with van der Waals surface area (Å²) in [6.07, 6.45) is 3.93. The van der Waals surface area contributed by atoms with E-state index in [-0.39, 0.29) is 5.91 Å². The number of nitrogens with one attached hydrogen (secondary N) is 1. The Hall–Kier alpha value is -1.69. The number of methoxy groups -OCH3 is 1. The molecule has 1 heterocycles. The minimum atomic E-state index is -0.199. The molecular weight excluding hydrogens is 244 g/mol. The van der Waals surface area contributed by atoms with Crippen LogP contribution in [0.1, 0.15) is 30.8 Å². The molecule has 0 unspecified atom stereocenters. The summed E-state index contributed by atoms with van der Waals surface area (Å²) in [7, 11) is 1.64. The minimum Gasteiger partial charge on any atom is -0.385 e. The van der Waals surface area contributed by atoms with Gasteiger partial charge in [0.05, 0.1) is 12.4 Å². The number of carbonyl (C=O) groups excluding carboxylic acids is 1. The molecule has 1 N–H and O–H groups in total. The summed E-state index contributed by atoms with van der Waals surface area (Å²) in [4.78, 5) is 22.2. The van der Waals surface area contributed by atoms with E-state index in [2.05, 4.69) is 34.0 Å². The highest BCUT2D eigenvalue weighted by molar-refractivity contribution is 5.91. The molecule has 6 heteroatoms. The van der Waals surface area contributed by atoms with E-state index in [1.807, 2.05) is 0 Å². The summed E-state index contributed by atoms with van der Waals surface area (Å²) in [6, 6.07) is 0. The molecule has 0 aliphatic carbocycles. The fourth-order valence-corrected chi connectivity index (χ4v) is 1.66. The van der Waals surface area contributed by atoms with E-state index < -0.39 is 0 Å². The first-order chi connectivity index (χ1) is 9.22. The van der Waals surface area contributed by atoms with Crippen molar-refractivity contribution in [1.82, 2.24) is 15.3 Å². The van der Waals surface area contributed by atoms with Crippen LogP contribution in [0.5, 0.6) is 0 Å². The summed E-state index contributed by atoms with van der Waals surface area (Å²) in [5.74, 6) is 0.593. The van der Waals surface area contributed by atoms with Gasteiger partial charge in [-0.3, -0.25) is 4.79 Å². The zero-order valence-electron chi connectivity index (χ0n) is 11.8. The Morgan fingerprint density at radius 1 is 1.32 bits per heavy atom. The molecule has 1 rings (SSSR count). The Labute approximate surface area is 114 Å². The molecule has 0 aliphatic rings. The molecule has 0 aromatic carbocycles. The Morgan fingerprint density at radius 3 is 2.58 bits per heavy atom. The Morgan fingerprint density at radius 2 is 2.05 bits per heavy atom. The van der Waals surface area contributed by atoms with Crippen LogP contribution in [0.25, 0.3) is 0 Å². The molecule has 0 saturated heterocycles. The zero-order valence-corrected chi connectivity index (χ0v) is 11.8. The van der Waals surface area contributed by atoms with Crippen molar-refractivity contribution in [3.8, 4) is 0 Å². The van der Waals surface area contributed by atoms with Gasteiger partial charge in [-0.2, -0.15) is 0 Å². The molecule has 106 valence electrons. The van der Waals surface area contributed by atoms with Crippen LogP contribution in [0.15, 0.2) is 12.4 Å². The lowest BCUT2D eigenvalue weighted by molar-refractivity contribution is 0.0943. The molecule has 0 fully saturated rings.